The van der Waals surface area contributed by atoms with E-state index < -0.39 is 0 Å². The van der Waals surface area contributed by atoms with Crippen LogP contribution in [0.3, 0.4) is 0 Å². The molecule has 0 bridgehead atoms. The van der Waals surface area contributed by atoms with Gasteiger partial charge >= 0.3 is 0 Å². The molecule has 1 amide bonds. The molecule has 0 aliphatic rings. The van der Waals surface area contributed by atoms with Crippen molar-refractivity contribution < 1.29 is 4.79 Å². The molecule has 1 unspecified atom stereocenters. The maximum Gasteiger partial charge on any atom is 0.269 e. The molecule has 0 fully saturated rings. The lowest BCUT2D eigenvalue weighted by Crippen LogP contribution is -2.34. The van der Waals surface area contributed by atoms with Crippen molar-refractivity contribution >= 4 is 22.2 Å². The third-order valence-corrected chi connectivity index (χ3v) is 5.59. The number of benzene rings is 1. The second kappa shape index (κ2) is 7.56. The third kappa shape index (κ3) is 3.68. The first-order chi connectivity index (χ1) is 13.5. The highest BCUT2D eigenvalue weighted by atomic mass is 32.1. The Morgan fingerprint density at radius 2 is 2.14 bits per heavy atom. The summed E-state index contributed by atoms with van der Waals surface area (Å²) in [6.07, 6.45) is 6.28. The van der Waals surface area contributed by atoms with Gasteiger partial charge in [-0.1, -0.05) is 23.8 Å². The van der Waals surface area contributed by atoms with Gasteiger partial charge in [0.25, 0.3) is 5.91 Å². The van der Waals surface area contributed by atoms with Crippen LogP contribution in [-0.2, 0) is 6.42 Å². The van der Waals surface area contributed by atoms with Crippen molar-refractivity contribution in [2.75, 3.05) is 0 Å². The van der Waals surface area contributed by atoms with E-state index in [1.807, 2.05) is 41.2 Å². The number of hydrogen-bond donors (Lipinski definition) is 1. The molecule has 4 rings (SSSR count). The molecule has 142 valence electrons. The Hall–Kier alpha value is -2.99. The van der Waals surface area contributed by atoms with Crippen LogP contribution in [0.4, 0.5) is 0 Å². The maximum atomic E-state index is 12.8. The maximum absolute atomic E-state index is 12.8. The zero-order chi connectivity index (χ0) is 19.7. The van der Waals surface area contributed by atoms with Crippen LogP contribution >= 0.6 is 11.3 Å². The number of nitrogens with zero attached hydrogens (tertiary/aromatic N) is 3. The van der Waals surface area contributed by atoms with Gasteiger partial charge in [-0.25, -0.2) is 4.98 Å². The first kappa shape index (κ1) is 18.4. The van der Waals surface area contributed by atoms with Crippen LogP contribution in [0.15, 0.2) is 54.3 Å². The minimum absolute atomic E-state index is 0.00802. The van der Waals surface area contributed by atoms with Crippen LogP contribution in [0.2, 0.25) is 0 Å². The van der Waals surface area contributed by atoms with Gasteiger partial charge in [-0.3, -0.25) is 14.2 Å². The third-order valence-electron chi connectivity index (χ3n) is 4.75. The molecule has 3 aromatic heterocycles. The van der Waals surface area contributed by atoms with E-state index in [4.69, 9.17) is 4.98 Å². The number of aryl methyl sites for hydroxylation is 2. The Morgan fingerprint density at radius 3 is 2.93 bits per heavy atom. The molecular weight excluding hydrogens is 368 g/mol. The van der Waals surface area contributed by atoms with Crippen LogP contribution in [-0.4, -0.2) is 26.3 Å². The number of aromatic nitrogens is 3. The topological polar surface area (TPSA) is 59.3 Å². The molecule has 6 heteroatoms. The van der Waals surface area contributed by atoms with E-state index in [1.54, 1.807) is 6.20 Å². The number of rotatable bonds is 5. The van der Waals surface area contributed by atoms with Gasteiger partial charge < -0.3 is 5.32 Å². The average Bonchev–Trinajstić information content (AvgIpc) is 3.25. The number of imidazole rings is 1. The lowest BCUT2D eigenvalue weighted by Gasteiger charge is -2.13. The van der Waals surface area contributed by atoms with Gasteiger partial charge in [0.15, 0.2) is 4.96 Å². The lowest BCUT2D eigenvalue weighted by molar-refractivity contribution is 0.0934. The van der Waals surface area contributed by atoms with Gasteiger partial charge in [0.2, 0.25) is 0 Å². The van der Waals surface area contributed by atoms with E-state index >= 15 is 0 Å². The highest BCUT2D eigenvalue weighted by Gasteiger charge is 2.17. The van der Waals surface area contributed by atoms with Crippen molar-refractivity contribution in [3.8, 4) is 11.3 Å². The smallest absolute Gasteiger partial charge is 0.269 e. The molecule has 0 aliphatic carbocycles. The first-order valence-electron chi connectivity index (χ1n) is 9.25. The number of nitrogens with one attached hydrogen (secondary N) is 1. The predicted molar refractivity (Wildman–Crippen MR) is 113 cm³/mol. The Labute approximate surface area is 168 Å². The first-order valence-corrected chi connectivity index (χ1v) is 10.1. The van der Waals surface area contributed by atoms with E-state index in [0.29, 0.717) is 5.69 Å². The number of hydrogen-bond acceptors (Lipinski definition) is 4. The Kier molecular flexibility index (Phi) is 4.96. The summed E-state index contributed by atoms with van der Waals surface area (Å²) in [7, 11) is 0. The molecule has 0 radical (unpaired) electrons. The molecule has 3 heterocycles. The molecule has 0 saturated carbocycles. The van der Waals surface area contributed by atoms with E-state index in [0.717, 1.165) is 28.2 Å². The normalized spacial score (nSPS) is 12.2. The van der Waals surface area contributed by atoms with E-state index in [-0.39, 0.29) is 11.9 Å². The fourth-order valence-corrected chi connectivity index (χ4v) is 4.16. The van der Waals surface area contributed by atoms with Crippen molar-refractivity contribution in [1.82, 2.24) is 19.7 Å². The molecule has 0 aliphatic heterocycles. The largest absolute Gasteiger partial charge is 0.348 e. The monoisotopic (exact) mass is 390 g/mol. The van der Waals surface area contributed by atoms with Crippen molar-refractivity contribution in [2.24, 2.45) is 0 Å². The summed E-state index contributed by atoms with van der Waals surface area (Å²) in [6, 6.07) is 10.3. The summed E-state index contributed by atoms with van der Waals surface area (Å²) in [5.74, 6) is -0.0902. The number of carbonyl (C=O) groups excluding carboxylic acids is 1. The second-order valence-electron chi connectivity index (χ2n) is 7.16. The van der Waals surface area contributed by atoms with Crippen LogP contribution in [0.1, 0.15) is 34.1 Å². The van der Waals surface area contributed by atoms with Crippen LogP contribution < -0.4 is 5.32 Å². The molecule has 28 heavy (non-hydrogen) atoms. The fraction of sp³-hybridized carbons (Fsp3) is 0.227. The van der Waals surface area contributed by atoms with Crippen molar-refractivity contribution in [3.63, 3.8) is 0 Å². The van der Waals surface area contributed by atoms with Gasteiger partial charge in [0.1, 0.15) is 5.69 Å². The quantitative estimate of drug-likeness (QED) is 0.548. The number of carbonyl (C=O) groups is 1. The highest BCUT2D eigenvalue weighted by molar-refractivity contribution is 7.15. The minimum Gasteiger partial charge on any atom is -0.348 e. The molecule has 5 nitrogen and oxygen atoms in total. The number of amides is 1. The van der Waals surface area contributed by atoms with Gasteiger partial charge in [0.05, 0.1) is 5.69 Å². The summed E-state index contributed by atoms with van der Waals surface area (Å²) in [4.78, 5) is 22.5. The number of fused-ring (bicyclic) bond motifs is 1. The van der Waals surface area contributed by atoms with Crippen molar-refractivity contribution in [3.05, 3.63) is 76.7 Å². The second-order valence-corrected chi connectivity index (χ2v) is 7.99. The SMILES string of the molecule is Cc1ccc(C)c(-c2cn3c(C(=O)NC(C)Cc4cccnc4)csc3n2)c1. The van der Waals surface area contributed by atoms with Crippen molar-refractivity contribution in [2.45, 2.75) is 33.2 Å². The summed E-state index contributed by atoms with van der Waals surface area (Å²) in [5, 5.41) is 4.95. The van der Waals surface area contributed by atoms with Crippen LogP contribution in [0, 0.1) is 13.8 Å². The zero-order valence-corrected chi connectivity index (χ0v) is 17.0. The standard InChI is InChI=1S/C22H22N4OS/c1-14-6-7-15(2)18(9-14)19-12-26-20(13-28-22(26)25-19)21(27)24-16(3)10-17-5-4-8-23-11-17/h4-9,11-13,16H,10H2,1-3H3,(H,24,27). The Bertz CT molecular complexity index is 1130. The van der Waals surface area contributed by atoms with Gasteiger partial charge in [-0.2, -0.15) is 0 Å². The lowest BCUT2D eigenvalue weighted by atomic mass is 10.0. The summed E-state index contributed by atoms with van der Waals surface area (Å²) >= 11 is 1.48. The van der Waals surface area contributed by atoms with E-state index in [2.05, 4.69) is 42.3 Å². The van der Waals surface area contributed by atoms with Crippen molar-refractivity contribution in [1.29, 1.82) is 0 Å². The molecule has 1 N–H and O–H groups in total. The molecule has 1 atom stereocenters. The number of thiazole rings is 1. The molecular formula is C22H22N4OS. The molecule has 0 saturated heterocycles. The summed E-state index contributed by atoms with van der Waals surface area (Å²) < 4.78 is 1.88. The minimum atomic E-state index is -0.0902. The number of pyridine rings is 1. The predicted octanol–water partition coefficient (Wildman–Crippen LogP) is 4.44. The average molecular weight is 391 g/mol. The zero-order valence-electron chi connectivity index (χ0n) is 16.1. The van der Waals surface area contributed by atoms with Crippen LogP contribution in [0.5, 0.6) is 0 Å². The van der Waals surface area contributed by atoms with E-state index in [1.165, 1.54) is 22.5 Å². The Morgan fingerprint density at radius 1 is 1.29 bits per heavy atom. The summed E-state index contributed by atoms with van der Waals surface area (Å²) in [5.41, 5.74) is 6.08. The molecule has 1 aromatic carbocycles. The molecule has 0 spiro atoms. The van der Waals surface area contributed by atoms with Crippen LogP contribution in [0.25, 0.3) is 16.2 Å². The molecule has 4 aromatic rings. The van der Waals surface area contributed by atoms with Gasteiger partial charge in [-0.15, -0.1) is 11.3 Å². The van der Waals surface area contributed by atoms with Gasteiger partial charge in [0, 0.05) is 35.6 Å². The fourth-order valence-electron chi connectivity index (χ4n) is 3.31. The summed E-state index contributed by atoms with van der Waals surface area (Å²) in [6.45, 7) is 6.16. The highest BCUT2D eigenvalue weighted by Crippen LogP contribution is 2.27. The van der Waals surface area contributed by atoms with E-state index in [9.17, 15) is 4.79 Å². The van der Waals surface area contributed by atoms with Gasteiger partial charge in [-0.05, 0) is 50.5 Å². The Balaban J connectivity index is 1.56.